The van der Waals surface area contributed by atoms with Crippen LogP contribution in [-0.2, 0) is 19.3 Å². The van der Waals surface area contributed by atoms with Crippen molar-refractivity contribution >= 4 is 39.0 Å². The molecule has 1 unspecified atom stereocenters. The zero-order valence-corrected chi connectivity index (χ0v) is 11.9. The number of hydrogen-bond acceptors (Lipinski definition) is 4. The van der Waals surface area contributed by atoms with E-state index in [2.05, 4.69) is 16.9 Å². The van der Waals surface area contributed by atoms with Gasteiger partial charge in [0.05, 0.1) is 5.39 Å². The molecule has 1 aliphatic carbocycles. The highest BCUT2D eigenvalue weighted by molar-refractivity contribution is 7.19. The van der Waals surface area contributed by atoms with Crippen LogP contribution >= 0.6 is 22.9 Å². The molecule has 0 fully saturated rings. The summed E-state index contributed by atoms with van der Waals surface area (Å²) in [6.45, 7) is 2.31. The Morgan fingerprint density at radius 3 is 3.06 bits per heavy atom. The second-order valence-corrected chi connectivity index (χ2v) is 6.46. The quantitative estimate of drug-likeness (QED) is 0.860. The zero-order chi connectivity index (χ0) is 12.7. The number of anilines is 1. The number of rotatable bonds is 2. The van der Waals surface area contributed by atoms with Gasteiger partial charge < -0.3 is 5.73 Å². The first-order valence-corrected chi connectivity index (χ1v) is 7.66. The summed E-state index contributed by atoms with van der Waals surface area (Å²) in [4.78, 5) is 11.5. The van der Waals surface area contributed by atoms with Crippen molar-refractivity contribution in [2.75, 3.05) is 11.6 Å². The smallest absolute Gasteiger partial charge is 0.136 e. The first-order valence-electron chi connectivity index (χ1n) is 6.31. The number of halogens is 1. The van der Waals surface area contributed by atoms with E-state index in [9.17, 15) is 0 Å². The monoisotopic (exact) mass is 281 g/mol. The van der Waals surface area contributed by atoms with Gasteiger partial charge in [0.2, 0.25) is 0 Å². The second-order valence-electron chi connectivity index (χ2n) is 5.00. The topological polar surface area (TPSA) is 51.8 Å². The molecule has 0 saturated heterocycles. The third-order valence-corrected chi connectivity index (χ3v) is 4.88. The van der Waals surface area contributed by atoms with Gasteiger partial charge in [0.15, 0.2) is 0 Å². The maximum absolute atomic E-state index is 6.10. The summed E-state index contributed by atoms with van der Waals surface area (Å²) >= 11 is 7.53. The molecule has 0 saturated carbocycles. The number of nitrogens with two attached hydrogens (primary N) is 1. The molecule has 0 bridgehead atoms. The Morgan fingerprint density at radius 1 is 1.44 bits per heavy atom. The summed E-state index contributed by atoms with van der Waals surface area (Å²) in [5, 5.41) is 1.10. The maximum atomic E-state index is 6.10. The van der Waals surface area contributed by atoms with Crippen LogP contribution in [0.15, 0.2) is 0 Å². The van der Waals surface area contributed by atoms with Crippen molar-refractivity contribution in [1.29, 1.82) is 0 Å². The Morgan fingerprint density at radius 2 is 2.28 bits per heavy atom. The fraction of sp³-hybridized carbons (Fsp3) is 0.538. The lowest BCUT2D eigenvalue weighted by Gasteiger charge is -2.17. The minimum absolute atomic E-state index is 0.535. The molecular formula is C13H16ClN3S. The number of nitrogens with zero attached hydrogens (tertiary/aromatic N) is 2. The normalized spacial score (nSPS) is 19.1. The van der Waals surface area contributed by atoms with Gasteiger partial charge in [-0.1, -0.05) is 6.92 Å². The number of aryl methyl sites for hydroxylation is 2. The van der Waals surface area contributed by atoms with Crippen molar-refractivity contribution in [3.05, 3.63) is 16.3 Å². The minimum Gasteiger partial charge on any atom is -0.383 e. The molecule has 3 nitrogen and oxygen atoms in total. The van der Waals surface area contributed by atoms with E-state index >= 15 is 0 Å². The van der Waals surface area contributed by atoms with Crippen molar-refractivity contribution in [2.45, 2.75) is 32.6 Å². The average molecular weight is 282 g/mol. The molecule has 0 aliphatic heterocycles. The summed E-state index contributed by atoms with van der Waals surface area (Å²) in [6.07, 6.45) is 4.18. The first kappa shape index (κ1) is 12.2. The SMILES string of the molecule is CC1CCc2c(sc3nc(CCCl)nc(N)c23)C1. The highest BCUT2D eigenvalue weighted by Gasteiger charge is 2.22. The summed E-state index contributed by atoms with van der Waals surface area (Å²) in [6, 6.07) is 0. The fourth-order valence-electron chi connectivity index (χ4n) is 2.61. The van der Waals surface area contributed by atoms with E-state index < -0.39 is 0 Å². The summed E-state index contributed by atoms with van der Waals surface area (Å²) in [5.74, 6) is 2.70. The molecule has 5 heteroatoms. The predicted molar refractivity (Wildman–Crippen MR) is 77.4 cm³/mol. The van der Waals surface area contributed by atoms with Gasteiger partial charge in [-0.25, -0.2) is 9.97 Å². The van der Waals surface area contributed by atoms with E-state index in [0.717, 1.165) is 34.8 Å². The molecule has 3 rings (SSSR count). The zero-order valence-electron chi connectivity index (χ0n) is 10.4. The van der Waals surface area contributed by atoms with E-state index in [1.54, 1.807) is 11.3 Å². The van der Waals surface area contributed by atoms with E-state index in [-0.39, 0.29) is 0 Å². The number of nitrogen functional groups attached to an aromatic ring is 1. The largest absolute Gasteiger partial charge is 0.383 e. The number of thiophene rings is 1. The van der Waals surface area contributed by atoms with E-state index in [1.807, 2.05) is 0 Å². The second kappa shape index (κ2) is 4.67. The summed E-state index contributed by atoms with van der Waals surface area (Å²) < 4.78 is 0. The Balaban J connectivity index is 2.16. The van der Waals surface area contributed by atoms with Gasteiger partial charge >= 0.3 is 0 Å². The van der Waals surface area contributed by atoms with Gasteiger partial charge in [-0.05, 0) is 30.7 Å². The highest BCUT2D eigenvalue weighted by Crippen LogP contribution is 2.39. The van der Waals surface area contributed by atoms with Crippen molar-refractivity contribution < 1.29 is 0 Å². The summed E-state index contributed by atoms with van der Waals surface area (Å²) in [5.41, 5.74) is 7.49. The van der Waals surface area contributed by atoms with Crippen molar-refractivity contribution in [3.8, 4) is 0 Å². The first-order chi connectivity index (χ1) is 8.69. The van der Waals surface area contributed by atoms with Gasteiger partial charge in [-0.3, -0.25) is 0 Å². The van der Waals surface area contributed by atoms with Crippen LogP contribution in [0, 0.1) is 5.92 Å². The van der Waals surface area contributed by atoms with Crippen LogP contribution < -0.4 is 5.73 Å². The number of fused-ring (bicyclic) bond motifs is 3. The van der Waals surface area contributed by atoms with Crippen LogP contribution in [0.25, 0.3) is 10.2 Å². The van der Waals surface area contributed by atoms with Crippen LogP contribution in [0.1, 0.15) is 29.6 Å². The third kappa shape index (κ3) is 1.97. The number of aromatic nitrogens is 2. The van der Waals surface area contributed by atoms with E-state index in [0.29, 0.717) is 18.1 Å². The predicted octanol–water partition coefficient (Wildman–Crippen LogP) is 3.18. The maximum Gasteiger partial charge on any atom is 0.136 e. The molecule has 0 aromatic carbocycles. The van der Waals surface area contributed by atoms with Crippen LogP contribution in [0.3, 0.4) is 0 Å². The van der Waals surface area contributed by atoms with Gasteiger partial charge in [0.1, 0.15) is 16.5 Å². The molecule has 1 atom stereocenters. The fourth-order valence-corrected chi connectivity index (χ4v) is 4.19. The third-order valence-electron chi connectivity index (χ3n) is 3.55. The molecule has 2 aromatic heterocycles. The standard InChI is InChI=1S/C13H16ClN3S/c1-7-2-3-8-9(6-7)18-13-11(8)12(15)16-10(17-13)4-5-14/h7H,2-6H2,1H3,(H2,15,16,17). The molecule has 2 N–H and O–H groups in total. The van der Waals surface area contributed by atoms with Crippen molar-refractivity contribution in [3.63, 3.8) is 0 Å². The lowest BCUT2D eigenvalue weighted by Crippen LogP contribution is -2.09. The Labute approximate surface area is 115 Å². The molecule has 1 aliphatic rings. The molecule has 2 heterocycles. The molecule has 96 valence electrons. The molecular weight excluding hydrogens is 266 g/mol. The Kier molecular flexibility index (Phi) is 3.16. The van der Waals surface area contributed by atoms with E-state index in [1.165, 1.54) is 16.9 Å². The molecule has 18 heavy (non-hydrogen) atoms. The molecule has 0 amide bonds. The van der Waals surface area contributed by atoms with Crippen molar-refractivity contribution in [1.82, 2.24) is 9.97 Å². The average Bonchev–Trinajstić information content (AvgIpc) is 2.66. The Bertz CT molecular complexity index is 593. The van der Waals surface area contributed by atoms with Gasteiger partial charge in [-0.2, -0.15) is 0 Å². The van der Waals surface area contributed by atoms with Crippen LogP contribution in [0.4, 0.5) is 5.82 Å². The lowest BCUT2D eigenvalue weighted by molar-refractivity contribution is 0.509. The van der Waals surface area contributed by atoms with Crippen LogP contribution in [0.5, 0.6) is 0 Å². The van der Waals surface area contributed by atoms with Crippen LogP contribution in [-0.4, -0.2) is 15.8 Å². The number of hydrogen-bond donors (Lipinski definition) is 1. The van der Waals surface area contributed by atoms with Gasteiger partial charge in [0.25, 0.3) is 0 Å². The summed E-state index contributed by atoms with van der Waals surface area (Å²) in [7, 11) is 0. The van der Waals surface area contributed by atoms with E-state index in [4.69, 9.17) is 17.3 Å². The lowest BCUT2D eigenvalue weighted by atomic mass is 9.89. The minimum atomic E-state index is 0.535. The highest BCUT2D eigenvalue weighted by atomic mass is 35.5. The Hall–Kier alpha value is -0.870. The van der Waals surface area contributed by atoms with Crippen molar-refractivity contribution in [2.24, 2.45) is 5.92 Å². The van der Waals surface area contributed by atoms with Gasteiger partial charge in [-0.15, -0.1) is 22.9 Å². The molecule has 0 spiro atoms. The van der Waals surface area contributed by atoms with Gasteiger partial charge in [0, 0.05) is 17.2 Å². The number of alkyl halides is 1. The molecule has 0 radical (unpaired) electrons. The molecule has 2 aromatic rings. The van der Waals surface area contributed by atoms with Crippen LogP contribution in [0.2, 0.25) is 0 Å².